The van der Waals surface area contributed by atoms with Crippen molar-refractivity contribution >= 4 is 65.2 Å². The minimum atomic E-state index is 1.09. The highest BCUT2D eigenvalue weighted by Gasteiger charge is 2.19. The Bertz CT molecular complexity index is 3590. The number of hydrogen-bond donors (Lipinski definition) is 0. The standard InChI is InChI=1S/C60H44N2/c1-2-3-16-40-27-35-56-53(37-40)48-34-30-44(43-31-36-57-54(38-43)47-21-14-15-26-55(47)61(57)45-19-8-5-9-20-45)39-58(48)62(56)46-32-28-42(29-33-46)60-51-24-12-10-22-49(51)59(41-17-6-4-7-18-41)50-23-11-13-25-52(50)60/h4-15,17-39H,2-3,16H2,1H3. The molecule has 2 heterocycles. The maximum Gasteiger partial charge on any atom is 0.0547 e. The lowest BCUT2D eigenvalue weighted by molar-refractivity contribution is 0.796. The molecule has 2 nitrogen and oxygen atoms in total. The van der Waals surface area contributed by atoms with Gasteiger partial charge in [-0.3, -0.25) is 0 Å². The first-order valence-electron chi connectivity index (χ1n) is 22.0. The summed E-state index contributed by atoms with van der Waals surface area (Å²) in [7, 11) is 0. The van der Waals surface area contributed by atoms with Crippen molar-refractivity contribution in [2.24, 2.45) is 0 Å². The summed E-state index contributed by atoms with van der Waals surface area (Å²) >= 11 is 0. The molecule has 0 radical (unpaired) electrons. The van der Waals surface area contributed by atoms with E-state index < -0.39 is 0 Å². The molecule has 0 N–H and O–H groups in total. The second kappa shape index (κ2) is 14.8. The summed E-state index contributed by atoms with van der Waals surface area (Å²) in [5, 5.41) is 10.2. The number of hydrogen-bond acceptors (Lipinski definition) is 0. The molecule has 10 aromatic carbocycles. The van der Waals surface area contributed by atoms with Gasteiger partial charge < -0.3 is 9.13 Å². The van der Waals surface area contributed by atoms with Crippen LogP contribution in [0.15, 0.2) is 212 Å². The molecule has 2 heteroatoms. The number of unbranched alkanes of at least 4 members (excludes halogenated alkanes) is 1. The van der Waals surface area contributed by atoms with Crippen LogP contribution in [0, 0.1) is 0 Å². The molecule has 0 aliphatic carbocycles. The van der Waals surface area contributed by atoms with Crippen molar-refractivity contribution in [1.29, 1.82) is 0 Å². The lowest BCUT2D eigenvalue weighted by Gasteiger charge is -2.18. The van der Waals surface area contributed by atoms with Crippen molar-refractivity contribution in [2.75, 3.05) is 0 Å². The van der Waals surface area contributed by atoms with Crippen LogP contribution in [0.4, 0.5) is 0 Å². The minimum absolute atomic E-state index is 1.09. The Morgan fingerprint density at radius 1 is 0.306 bits per heavy atom. The average molecular weight is 793 g/mol. The second-order valence-electron chi connectivity index (χ2n) is 16.7. The molecule has 0 fully saturated rings. The first-order valence-corrected chi connectivity index (χ1v) is 22.0. The fourth-order valence-electron chi connectivity index (χ4n) is 10.2. The third kappa shape index (κ3) is 5.79. The molecule has 0 aliphatic rings. The summed E-state index contributed by atoms with van der Waals surface area (Å²) in [6.07, 6.45) is 3.46. The zero-order valence-corrected chi connectivity index (χ0v) is 34.7. The molecule has 294 valence electrons. The molecule has 12 rings (SSSR count). The topological polar surface area (TPSA) is 9.86 Å². The molecule has 0 bridgehead atoms. The number of fused-ring (bicyclic) bond motifs is 8. The van der Waals surface area contributed by atoms with Crippen LogP contribution in [0.1, 0.15) is 25.3 Å². The van der Waals surface area contributed by atoms with E-state index in [2.05, 4.69) is 228 Å². The molecular weight excluding hydrogens is 749 g/mol. The largest absolute Gasteiger partial charge is 0.309 e. The fraction of sp³-hybridized carbons (Fsp3) is 0.0667. The van der Waals surface area contributed by atoms with Gasteiger partial charge in [-0.25, -0.2) is 0 Å². The van der Waals surface area contributed by atoms with Crippen LogP contribution in [0.25, 0.3) is 110 Å². The van der Waals surface area contributed by atoms with Crippen molar-refractivity contribution in [3.05, 3.63) is 218 Å². The van der Waals surface area contributed by atoms with Gasteiger partial charge in [0.1, 0.15) is 0 Å². The lowest BCUT2D eigenvalue weighted by Crippen LogP contribution is -1.95. The monoisotopic (exact) mass is 792 g/mol. The van der Waals surface area contributed by atoms with Gasteiger partial charge in [-0.05, 0) is 134 Å². The van der Waals surface area contributed by atoms with Crippen molar-refractivity contribution in [3.63, 3.8) is 0 Å². The van der Waals surface area contributed by atoms with E-state index in [1.165, 1.54) is 123 Å². The van der Waals surface area contributed by atoms with Crippen LogP contribution < -0.4 is 0 Å². The van der Waals surface area contributed by atoms with E-state index in [0.29, 0.717) is 0 Å². The van der Waals surface area contributed by atoms with Crippen molar-refractivity contribution in [2.45, 2.75) is 26.2 Å². The van der Waals surface area contributed by atoms with Gasteiger partial charge in [0.05, 0.1) is 22.1 Å². The predicted molar refractivity (Wildman–Crippen MR) is 265 cm³/mol. The van der Waals surface area contributed by atoms with Crippen LogP contribution in [-0.4, -0.2) is 9.13 Å². The molecule has 0 spiro atoms. The van der Waals surface area contributed by atoms with Gasteiger partial charge in [0.25, 0.3) is 0 Å². The molecule has 0 unspecified atom stereocenters. The third-order valence-electron chi connectivity index (χ3n) is 13.1. The van der Waals surface area contributed by atoms with E-state index in [0.717, 1.165) is 12.1 Å². The Morgan fingerprint density at radius 2 is 0.758 bits per heavy atom. The number of nitrogens with zero attached hydrogens (tertiary/aromatic N) is 2. The van der Waals surface area contributed by atoms with Crippen LogP contribution in [0.2, 0.25) is 0 Å². The maximum absolute atomic E-state index is 2.48. The first kappa shape index (κ1) is 36.2. The van der Waals surface area contributed by atoms with Gasteiger partial charge in [0, 0.05) is 32.9 Å². The molecule has 62 heavy (non-hydrogen) atoms. The van der Waals surface area contributed by atoms with Gasteiger partial charge in [-0.15, -0.1) is 0 Å². The van der Waals surface area contributed by atoms with Gasteiger partial charge in [0.15, 0.2) is 0 Å². The zero-order valence-electron chi connectivity index (χ0n) is 34.7. The minimum Gasteiger partial charge on any atom is -0.309 e. The Balaban J connectivity index is 1.03. The van der Waals surface area contributed by atoms with Crippen LogP contribution in [0.3, 0.4) is 0 Å². The van der Waals surface area contributed by atoms with E-state index in [4.69, 9.17) is 0 Å². The predicted octanol–water partition coefficient (Wildman–Crippen LogP) is 16.5. The Kier molecular flexibility index (Phi) is 8.64. The number of para-hydroxylation sites is 2. The van der Waals surface area contributed by atoms with Crippen molar-refractivity contribution in [1.82, 2.24) is 9.13 Å². The highest BCUT2D eigenvalue weighted by Crippen LogP contribution is 2.44. The van der Waals surface area contributed by atoms with E-state index in [-0.39, 0.29) is 0 Å². The fourth-order valence-corrected chi connectivity index (χ4v) is 10.2. The average Bonchev–Trinajstić information content (AvgIpc) is 3.85. The highest BCUT2D eigenvalue weighted by molar-refractivity contribution is 6.21. The van der Waals surface area contributed by atoms with Gasteiger partial charge in [-0.1, -0.05) is 165 Å². The summed E-state index contributed by atoms with van der Waals surface area (Å²) in [4.78, 5) is 0. The SMILES string of the molecule is CCCCc1ccc2c(c1)c1ccc(-c3ccc4c(c3)c3ccccc3n4-c3ccccc3)cc1n2-c1ccc(-c2c3ccccc3c(-c3ccccc3)c3ccccc23)cc1. The highest BCUT2D eigenvalue weighted by atomic mass is 15.0. The first-order chi connectivity index (χ1) is 30.7. The van der Waals surface area contributed by atoms with Gasteiger partial charge in [0.2, 0.25) is 0 Å². The zero-order chi connectivity index (χ0) is 41.1. The number of aromatic nitrogens is 2. The summed E-state index contributed by atoms with van der Waals surface area (Å²) in [6, 6.07) is 78.7. The third-order valence-corrected chi connectivity index (χ3v) is 13.1. The summed E-state index contributed by atoms with van der Waals surface area (Å²) in [6.45, 7) is 2.27. The molecule has 0 atom stereocenters. The molecule has 0 amide bonds. The summed E-state index contributed by atoms with van der Waals surface area (Å²) < 4.78 is 4.87. The molecular formula is C60H44N2. The van der Waals surface area contributed by atoms with Crippen LogP contribution in [-0.2, 0) is 6.42 Å². The second-order valence-corrected chi connectivity index (χ2v) is 16.7. The molecule has 0 saturated carbocycles. The number of aryl methyl sites for hydroxylation is 1. The van der Waals surface area contributed by atoms with Crippen LogP contribution >= 0.6 is 0 Å². The van der Waals surface area contributed by atoms with E-state index in [9.17, 15) is 0 Å². The van der Waals surface area contributed by atoms with E-state index in [1.54, 1.807) is 0 Å². The van der Waals surface area contributed by atoms with E-state index >= 15 is 0 Å². The van der Waals surface area contributed by atoms with Crippen molar-refractivity contribution < 1.29 is 0 Å². The molecule has 12 aromatic rings. The van der Waals surface area contributed by atoms with Crippen molar-refractivity contribution in [3.8, 4) is 44.8 Å². The normalized spacial score (nSPS) is 11.8. The molecule has 0 aliphatic heterocycles. The quantitative estimate of drug-likeness (QED) is 0.136. The Labute approximate surface area is 361 Å². The number of benzene rings is 10. The summed E-state index contributed by atoms with van der Waals surface area (Å²) in [5.41, 5.74) is 16.0. The van der Waals surface area contributed by atoms with Gasteiger partial charge >= 0.3 is 0 Å². The van der Waals surface area contributed by atoms with E-state index in [1.807, 2.05) is 0 Å². The Hall–Kier alpha value is -7.68. The maximum atomic E-state index is 2.48. The Morgan fingerprint density at radius 3 is 1.42 bits per heavy atom. The number of rotatable bonds is 8. The molecule has 2 aromatic heterocycles. The summed E-state index contributed by atoms with van der Waals surface area (Å²) in [5.74, 6) is 0. The molecule has 0 saturated heterocycles. The smallest absolute Gasteiger partial charge is 0.0547 e. The lowest BCUT2D eigenvalue weighted by atomic mass is 9.86. The van der Waals surface area contributed by atoms with Crippen LogP contribution in [0.5, 0.6) is 0 Å². The van der Waals surface area contributed by atoms with Gasteiger partial charge in [-0.2, -0.15) is 0 Å².